The van der Waals surface area contributed by atoms with Gasteiger partial charge in [0.1, 0.15) is 0 Å². The van der Waals surface area contributed by atoms with Crippen molar-refractivity contribution in [3.8, 4) is 0 Å². The molecule has 0 aliphatic carbocycles. The van der Waals surface area contributed by atoms with E-state index in [-0.39, 0.29) is 0 Å². The van der Waals surface area contributed by atoms with Crippen molar-refractivity contribution in [2.24, 2.45) is 10.8 Å². The first-order chi connectivity index (χ1) is 7.58. The molecule has 1 rings (SSSR count). The van der Waals surface area contributed by atoms with E-state index in [2.05, 4.69) is 69.0 Å². The standard InChI is InChI=1S/C16H27P/c1-15(2,3)10-12-8-7-9-14(17)13(12)11-16(4,5)6/h7-9H,10-11,17H2,1-6H3. The SMILES string of the molecule is CC(C)(C)Cc1cccc(P)c1CC(C)(C)C. The molecule has 0 nitrogen and oxygen atoms in total. The molecule has 0 aliphatic rings. The zero-order valence-electron chi connectivity index (χ0n) is 12.2. The molecule has 1 heteroatoms. The highest BCUT2D eigenvalue weighted by Gasteiger charge is 2.19. The first-order valence-electron chi connectivity index (χ1n) is 6.45. The van der Waals surface area contributed by atoms with Gasteiger partial charge in [0, 0.05) is 0 Å². The predicted molar refractivity (Wildman–Crippen MR) is 82.1 cm³/mol. The Balaban J connectivity index is 3.09. The maximum atomic E-state index is 2.89. The molecule has 0 heterocycles. The Bertz CT molecular complexity index is 377. The molecular formula is C16H27P. The van der Waals surface area contributed by atoms with Gasteiger partial charge in [-0.1, -0.05) is 59.7 Å². The molecule has 1 aromatic carbocycles. The van der Waals surface area contributed by atoms with Gasteiger partial charge in [-0.2, -0.15) is 0 Å². The van der Waals surface area contributed by atoms with E-state index in [0.717, 1.165) is 12.8 Å². The second-order valence-electron chi connectivity index (χ2n) is 7.46. The summed E-state index contributed by atoms with van der Waals surface area (Å²) >= 11 is 0. The zero-order valence-corrected chi connectivity index (χ0v) is 13.4. The van der Waals surface area contributed by atoms with Gasteiger partial charge in [0.25, 0.3) is 0 Å². The fourth-order valence-electron chi connectivity index (χ4n) is 2.14. The van der Waals surface area contributed by atoms with Crippen LogP contribution in [0.2, 0.25) is 0 Å². The van der Waals surface area contributed by atoms with Crippen LogP contribution in [-0.2, 0) is 12.8 Å². The van der Waals surface area contributed by atoms with E-state index in [1.54, 1.807) is 0 Å². The summed E-state index contributed by atoms with van der Waals surface area (Å²) in [4.78, 5) is 0. The average molecular weight is 250 g/mol. The molecule has 0 aromatic heterocycles. The van der Waals surface area contributed by atoms with Gasteiger partial charge in [-0.25, -0.2) is 0 Å². The lowest BCUT2D eigenvalue weighted by atomic mass is 9.81. The van der Waals surface area contributed by atoms with Crippen molar-refractivity contribution in [2.75, 3.05) is 0 Å². The maximum Gasteiger partial charge on any atom is -0.0221 e. The molecule has 0 aliphatic heterocycles. The topological polar surface area (TPSA) is 0 Å². The first kappa shape index (κ1) is 14.7. The van der Waals surface area contributed by atoms with E-state index in [9.17, 15) is 0 Å². The van der Waals surface area contributed by atoms with Gasteiger partial charge in [0.2, 0.25) is 0 Å². The molecular weight excluding hydrogens is 223 g/mol. The summed E-state index contributed by atoms with van der Waals surface area (Å²) in [7, 11) is 2.89. The molecule has 0 N–H and O–H groups in total. The van der Waals surface area contributed by atoms with E-state index in [4.69, 9.17) is 0 Å². The normalized spacial score (nSPS) is 12.9. The molecule has 0 bridgehead atoms. The van der Waals surface area contributed by atoms with Gasteiger partial charge in [-0.05, 0) is 40.1 Å². The molecule has 0 radical (unpaired) electrons. The minimum absolute atomic E-state index is 0.347. The van der Waals surface area contributed by atoms with Crippen LogP contribution in [0.4, 0.5) is 0 Å². The first-order valence-corrected chi connectivity index (χ1v) is 7.02. The molecule has 17 heavy (non-hydrogen) atoms. The average Bonchev–Trinajstić information content (AvgIpc) is 2.07. The number of hydrogen-bond acceptors (Lipinski definition) is 0. The van der Waals surface area contributed by atoms with Crippen molar-refractivity contribution in [3.63, 3.8) is 0 Å². The van der Waals surface area contributed by atoms with Gasteiger partial charge >= 0.3 is 0 Å². The van der Waals surface area contributed by atoms with Crippen LogP contribution < -0.4 is 5.30 Å². The monoisotopic (exact) mass is 250 g/mol. The molecule has 1 atom stereocenters. The minimum atomic E-state index is 0.347. The summed E-state index contributed by atoms with van der Waals surface area (Å²) in [6.45, 7) is 13.9. The molecule has 1 aromatic rings. The Morgan fingerprint density at radius 2 is 1.41 bits per heavy atom. The van der Waals surface area contributed by atoms with E-state index >= 15 is 0 Å². The lowest BCUT2D eigenvalue weighted by Gasteiger charge is -2.25. The van der Waals surface area contributed by atoms with Crippen LogP contribution in [0, 0.1) is 10.8 Å². The zero-order chi connectivity index (χ0) is 13.3. The van der Waals surface area contributed by atoms with Crippen LogP contribution >= 0.6 is 9.24 Å². The fourth-order valence-corrected chi connectivity index (χ4v) is 2.54. The largest absolute Gasteiger partial charge is 0.105 e. The molecule has 0 amide bonds. The van der Waals surface area contributed by atoms with Gasteiger partial charge in [0.05, 0.1) is 0 Å². The van der Waals surface area contributed by atoms with Crippen LogP contribution in [0.15, 0.2) is 18.2 Å². The molecule has 0 saturated heterocycles. The molecule has 0 fully saturated rings. The van der Waals surface area contributed by atoms with Crippen molar-refractivity contribution < 1.29 is 0 Å². The van der Waals surface area contributed by atoms with E-state index in [1.165, 1.54) is 16.4 Å². The lowest BCUT2D eigenvalue weighted by Crippen LogP contribution is -2.19. The molecule has 0 saturated carbocycles. The summed E-state index contributed by atoms with van der Waals surface area (Å²) in [5, 5.41) is 1.36. The second kappa shape index (κ2) is 5.11. The molecule has 1 unspecified atom stereocenters. The van der Waals surface area contributed by atoms with Gasteiger partial charge in [-0.3, -0.25) is 0 Å². The Labute approximate surface area is 109 Å². The highest BCUT2D eigenvalue weighted by atomic mass is 31.0. The number of hydrogen-bond donors (Lipinski definition) is 0. The second-order valence-corrected chi connectivity index (χ2v) is 8.08. The third-order valence-corrected chi connectivity index (χ3v) is 3.28. The predicted octanol–water partition coefficient (Wildman–Crippen LogP) is 4.36. The number of rotatable bonds is 2. The minimum Gasteiger partial charge on any atom is -0.105 e. The van der Waals surface area contributed by atoms with Crippen molar-refractivity contribution in [1.82, 2.24) is 0 Å². The fraction of sp³-hybridized carbons (Fsp3) is 0.625. The van der Waals surface area contributed by atoms with Crippen molar-refractivity contribution in [1.29, 1.82) is 0 Å². The van der Waals surface area contributed by atoms with Crippen LogP contribution in [0.1, 0.15) is 52.7 Å². The van der Waals surface area contributed by atoms with Crippen molar-refractivity contribution in [3.05, 3.63) is 29.3 Å². The summed E-state index contributed by atoms with van der Waals surface area (Å²) in [6, 6.07) is 6.67. The van der Waals surface area contributed by atoms with Crippen LogP contribution in [0.5, 0.6) is 0 Å². The summed E-state index contributed by atoms with van der Waals surface area (Å²) < 4.78 is 0. The van der Waals surface area contributed by atoms with Gasteiger partial charge in [0.15, 0.2) is 0 Å². The van der Waals surface area contributed by atoms with E-state index in [0.29, 0.717) is 10.8 Å². The van der Waals surface area contributed by atoms with Gasteiger partial charge in [-0.15, -0.1) is 9.24 Å². The smallest absolute Gasteiger partial charge is 0.0221 e. The van der Waals surface area contributed by atoms with Crippen molar-refractivity contribution >= 4 is 14.5 Å². The number of benzene rings is 1. The summed E-state index contributed by atoms with van der Waals surface area (Å²) in [5.74, 6) is 0. The highest BCUT2D eigenvalue weighted by molar-refractivity contribution is 7.27. The highest BCUT2D eigenvalue weighted by Crippen LogP contribution is 2.27. The van der Waals surface area contributed by atoms with Crippen LogP contribution in [0.3, 0.4) is 0 Å². The van der Waals surface area contributed by atoms with Crippen molar-refractivity contribution in [2.45, 2.75) is 54.4 Å². The Morgan fingerprint density at radius 1 is 0.882 bits per heavy atom. The molecule has 96 valence electrons. The molecule has 0 spiro atoms. The Hall–Kier alpha value is -0.350. The van der Waals surface area contributed by atoms with Crippen LogP contribution in [0.25, 0.3) is 0 Å². The maximum absolute atomic E-state index is 2.89. The quantitative estimate of drug-likeness (QED) is 0.684. The third-order valence-electron chi connectivity index (χ3n) is 2.74. The van der Waals surface area contributed by atoms with E-state index < -0.39 is 0 Å². The Kier molecular flexibility index (Phi) is 4.42. The summed E-state index contributed by atoms with van der Waals surface area (Å²) in [5.41, 5.74) is 3.74. The van der Waals surface area contributed by atoms with Crippen LogP contribution in [-0.4, -0.2) is 0 Å². The van der Waals surface area contributed by atoms with Gasteiger partial charge < -0.3 is 0 Å². The summed E-state index contributed by atoms with van der Waals surface area (Å²) in [6.07, 6.45) is 2.30. The van der Waals surface area contributed by atoms with E-state index in [1.807, 2.05) is 0 Å². The third kappa shape index (κ3) is 5.21. The lowest BCUT2D eigenvalue weighted by molar-refractivity contribution is 0.393. The Morgan fingerprint density at radius 3 is 1.88 bits per heavy atom.